The van der Waals surface area contributed by atoms with Gasteiger partial charge in [0.05, 0.1) is 7.11 Å². The Morgan fingerprint density at radius 2 is 1.67 bits per heavy atom. The number of methoxy groups -OCH3 is 1. The molecule has 1 atom stereocenters. The van der Waals surface area contributed by atoms with Gasteiger partial charge in [0.15, 0.2) is 11.5 Å². The number of nitrogens with one attached hydrogen (secondary N) is 1. The highest BCUT2D eigenvalue weighted by molar-refractivity contribution is 5.87. The van der Waals surface area contributed by atoms with Crippen molar-refractivity contribution in [1.29, 1.82) is 0 Å². The molecule has 2 aromatic carbocycles. The van der Waals surface area contributed by atoms with E-state index in [2.05, 4.69) is 5.32 Å². The molecule has 0 fully saturated rings. The van der Waals surface area contributed by atoms with Crippen LogP contribution in [0.1, 0.15) is 45.2 Å². The van der Waals surface area contributed by atoms with Gasteiger partial charge in [-0.1, -0.05) is 18.2 Å². The second kappa shape index (κ2) is 10.6. The minimum Gasteiger partial charge on any atom is -0.497 e. The van der Waals surface area contributed by atoms with Crippen molar-refractivity contribution in [2.24, 2.45) is 0 Å². The van der Waals surface area contributed by atoms with E-state index in [0.717, 1.165) is 22.6 Å². The number of rotatable bonds is 8. The molecular weight excluding hydrogens is 420 g/mol. The SMILES string of the molecule is COc1ccc(CN(C(=O)CCc2ccc3c(c2)OCCO3)[C@@H](C)C(=O)NC(C)(C)C)cc1. The monoisotopic (exact) mass is 454 g/mol. The molecule has 0 saturated heterocycles. The summed E-state index contributed by atoms with van der Waals surface area (Å²) in [4.78, 5) is 27.8. The number of benzene rings is 2. The fourth-order valence-electron chi connectivity index (χ4n) is 3.62. The van der Waals surface area contributed by atoms with Crippen molar-refractivity contribution < 1.29 is 23.8 Å². The van der Waals surface area contributed by atoms with Crippen molar-refractivity contribution in [2.75, 3.05) is 20.3 Å². The first kappa shape index (κ1) is 24.4. The number of hydrogen-bond acceptors (Lipinski definition) is 5. The Hall–Kier alpha value is -3.22. The molecule has 1 aliphatic rings. The van der Waals surface area contributed by atoms with Gasteiger partial charge in [-0.25, -0.2) is 0 Å². The van der Waals surface area contributed by atoms with Gasteiger partial charge in [-0.2, -0.15) is 0 Å². The largest absolute Gasteiger partial charge is 0.497 e. The standard InChI is InChI=1S/C26H34N2O5/c1-18(25(30)27-26(2,3)4)28(17-20-6-10-21(31-5)11-7-20)24(29)13-9-19-8-12-22-23(16-19)33-15-14-32-22/h6-8,10-12,16,18H,9,13-15,17H2,1-5H3,(H,27,30)/t18-/m0/s1. The van der Waals surface area contributed by atoms with Crippen LogP contribution in [0.15, 0.2) is 42.5 Å². The Kier molecular flexibility index (Phi) is 7.84. The first-order valence-electron chi connectivity index (χ1n) is 11.3. The summed E-state index contributed by atoms with van der Waals surface area (Å²) in [6.07, 6.45) is 0.825. The van der Waals surface area contributed by atoms with Crippen LogP contribution in [-0.4, -0.2) is 48.6 Å². The Morgan fingerprint density at radius 3 is 2.30 bits per heavy atom. The maximum atomic E-state index is 13.3. The van der Waals surface area contributed by atoms with E-state index in [1.54, 1.807) is 18.9 Å². The van der Waals surface area contributed by atoms with Crippen molar-refractivity contribution in [2.45, 2.75) is 58.7 Å². The number of carbonyl (C=O) groups excluding carboxylic acids is 2. The molecule has 33 heavy (non-hydrogen) atoms. The van der Waals surface area contributed by atoms with Crippen molar-refractivity contribution in [1.82, 2.24) is 10.2 Å². The van der Waals surface area contributed by atoms with Crippen LogP contribution in [0.5, 0.6) is 17.2 Å². The van der Waals surface area contributed by atoms with Crippen LogP contribution in [0.3, 0.4) is 0 Å². The molecule has 0 aromatic heterocycles. The summed E-state index contributed by atoms with van der Waals surface area (Å²) in [6.45, 7) is 8.94. The highest BCUT2D eigenvalue weighted by Gasteiger charge is 2.28. The zero-order valence-corrected chi connectivity index (χ0v) is 20.1. The molecule has 178 valence electrons. The fourth-order valence-corrected chi connectivity index (χ4v) is 3.62. The molecule has 0 spiro atoms. The lowest BCUT2D eigenvalue weighted by Crippen LogP contribution is -2.52. The van der Waals surface area contributed by atoms with Crippen LogP contribution in [0.2, 0.25) is 0 Å². The molecule has 1 heterocycles. The summed E-state index contributed by atoms with van der Waals surface area (Å²) < 4.78 is 16.4. The molecule has 2 aromatic rings. The van der Waals surface area contributed by atoms with Gasteiger partial charge in [-0.05, 0) is 69.5 Å². The van der Waals surface area contributed by atoms with E-state index in [-0.39, 0.29) is 23.8 Å². The van der Waals surface area contributed by atoms with Crippen molar-refractivity contribution >= 4 is 11.8 Å². The van der Waals surface area contributed by atoms with E-state index < -0.39 is 6.04 Å². The number of ether oxygens (including phenoxy) is 3. The molecule has 1 aliphatic heterocycles. The van der Waals surface area contributed by atoms with Crippen LogP contribution >= 0.6 is 0 Å². The average Bonchev–Trinajstić information content (AvgIpc) is 2.79. The molecular formula is C26H34N2O5. The first-order chi connectivity index (χ1) is 15.7. The number of nitrogens with zero attached hydrogens (tertiary/aromatic N) is 1. The summed E-state index contributed by atoms with van der Waals surface area (Å²) in [6, 6.07) is 12.7. The zero-order chi connectivity index (χ0) is 24.0. The second-order valence-electron chi connectivity index (χ2n) is 9.26. The van der Waals surface area contributed by atoms with Crippen LogP contribution in [0.4, 0.5) is 0 Å². The van der Waals surface area contributed by atoms with Crippen LogP contribution < -0.4 is 19.5 Å². The smallest absolute Gasteiger partial charge is 0.242 e. The number of carbonyl (C=O) groups is 2. The lowest BCUT2D eigenvalue weighted by Gasteiger charge is -2.31. The summed E-state index contributed by atoms with van der Waals surface area (Å²) >= 11 is 0. The Labute approximate surface area is 196 Å². The molecule has 0 unspecified atom stereocenters. The maximum absolute atomic E-state index is 13.3. The number of aryl methyl sites for hydroxylation is 1. The number of amides is 2. The van der Waals surface area contributed by atoms with Crippen molar-refractivity contribution in [3.63, 3.8) is 0 Å². The quantitative estimate of drug-likeness (QED) is 0.658. The minimum absolute atomic E-state index is 0.0859. The fraction of sp³-hybridized carbons (Fsp3) is 0.462. The molecule has 0 aliphatic carbocycles. The second-order valence-corrected chi connectivity index (χ2v) is 9.26. The third-order valence-electron chi connectivity index (χ3n) is 5.41. The predicted molar refractivity (Wildman–Crippen MR) is 127 cm³/mol. The Bertz CT molecular complexity index is 966. The van der Waals surface area contributed by atoms with E-state index in [0.29, 0.717) is 31.9 Å². The molecule has 3 rings (SSSR count). The Balaban J connectivity index is 1.73. The topological polar surface area (TPSA) is 77.1 Å². The van der Waals surface area contributed by atoms with Gasteiger partial charge in [0, 0.05) is 18.5 Å². The summed E-state index contributed by atoms with van der Waals surface area (Å²) in [5.41, 5.74) is 1.54. The van der Waals surface area contributed by atoms with Crippen LogP contribution in [-0.2, 0) is 22.6 Å². The minimum atomic E-state index is -0.612. The average molecular weight is 455 g/mol. The lowest BCUT2D eigenvalue weighted by atomic mass is 10.1. The molecule has 1 N–H and O–H groups in total. The van der Waals surface area contributed by atoms with E-state index >= 15 is 0 Å². The third kappa shape index (κ3) is 6.88. The molecule has 0 bridgehead atoms. The predicted octanol–water partition coefficient (Wildman–Crippen LogP) is 3.73. The van der Waals surface area contributed by atoms with E-state index in [1.807, 2.05) is 63.2 Å². The van der Waals surface area contributed by atoms with Crippen molar-refractivity contribution in [3.05, 3.63) is 53.6 Å². The van der Waals surface area contributed by atoms with Gasteiger partial charge < -0.3 is 24.4 Å². The van der Waals surface area contributed by atoms with Gasteiger partial charge >= 0.3 is 0 Å². The molecule has 7 nitrogen and oxygen atoms in total. The molecule has 7 heteroatoms. The van der Waals surface area contributed by atoms with Gasteiger partial charge in [0.2, 0.25) is 11.8 Å². The van der Waals surface area contributed by atoms with Gasteiger partial charge in [-0.3, -0.25) is 9.59 Å². The van der Waals surface area contributed by atoms with Gasteiger partial charge in [-0.15, -0.1) is 0 Å². The van der Waals surface area contributed by atoms with E-state index in [1.165, 1.54) is 0 Å². The van der Waals surface area contributed by atoms with E-state index in [9.17, 15) is 9.59 Å². The first-order valence-corrected chi connectivity index (χ1v) is 11.3. The number of hydrogen-bond donors (Lipinski definition) is 1. The van der Waals surface area contributed by atoms with Crippen LogP contribution in [0.25, 0.3) is 0 Å². The normalized spacial score (nSPS) is 13.7. The van der Waals surface area contributed by atoms with Gasteiger partial charge in [0.25, 0.3) is 0 Å². The zero-order valence-electron chi connectivity index (χ0n) is 20.1. The van der Waals surface area contributed by atoms with Crippen LogP contribution in [0, 0.1) is 0 Å². The highest BCUT2D eigenvalue weighted by atomic mass is 16.6. The maximum Gasteiger partial charge on any atom is 0.242 e. The third-order valence-corrected chi connectivity index (χ3v) is 5.41. The Morgan fingerprint density at radius 1 is 1.03 bits per heavy atom. The molecule has 0 saturated carbocycles. The highest BCUT2D eigenvalue weighted by Crippen LogP contribution is 2.31. The summed E-state index contributed by atoms with van der Waals surface area (Å²) in [5.74, 6) is 1.92. The van der Waals surface area contributed by atoms with Crippen molar-refractivity contribution in [3.8, 4) is 17.2 Å². The summed E-state index contributed by atoms with van der Waals surface area (Å²) in [5, 5.41) is 2.98. The number of fused-ring (bicyclic) bond motifs is 1. The van der Waals surface area contributed by atoms with E-state index in [4.69, 9.17) is 14.2 Å². The van der Waals surface area contributed by atoms with Gasteiger partial charge in [0.1, 0.15) is 25.0 Å². The molecule has 0 radical (unpaired) electrons. The summed E-state index contributed by atoms with van der Waals surface area (Å²) in [7, 11) is 1.61. The lowest BCUT2D eigenvalue weighted by molar-refractivity contribution is -0.141. The molecule has 2 amide bonds.